The Morgan fingerprint density at radius 3 is 2.08 bits per heavy atom. The van der Waals surface area contributed by atoms with Crippen LogP contribution < -0.4 is 27.4 Å². The molecule has 0 spiro atoms. The Kier molecular flexibility index (Phi) is 12.0. The summed E-state index contributed by atoms with van der Waals surface area (Å²) in [6.07, 6.45) is 1.71. The molecule has 0 radical (unpaired) electrons. The van der Waals surface area contributed by atoms with Crippen LogP contribution in [0.1, 0.15) is 45.2 Å². The molecular weight excluding hydrogens is 478 g/mol. The molecule has 0 saturated heterocycles. The lowest BCUT2D eigenvalue weighted by molar-refractivity contribution is -0.143. The minimum absolute atomic E-state index is 0.167. The number of amides is 4. The van der Waals surface area contributed by atoms with Crippen LogP contribution in [-0.4, -0.2) is 79.9 Å². The molecule has 0 fully saturated rings. The molecule has 200 valence electrons. The van der Waals surface area contributed by atoms with Crippen LogP contribution in [-0.2, 0) is 35.2 Å². The monoisotopic (exact) mass is 511 g/mol. The number of hydrogen-bond donors (Lipinski definition) is 8. The summed E-state index contributed by atoms with van der Waals surface area (Å²) in [7, 11) is 0. The van der Waals surface area contributed by atoms with Crippen LogP contribution in [0.2, 0.25) is 0 Å². The van der Waals surface area contributed by atoms with Crippen LogP contribution in [0.4, 0.5) is 0 Å². The van der Waals surface area contributed by atoms with Crippen molar-refractivity contribution in [3.05, 3.63) is 18.2 Å². The summed E-state index contributed by atoms with van der Waals surface area (Å²) in [6.45, 7) is 3.53. The van der Waals surface area contributed by atoms with Crippen molar-refractivity contribution in [3.63, 3.8) is 0 Å². The number of carboxylic acid groups (broad SMARTS) is 2. The number of aromatic nitrogens is 2. The summed E-state index contributed by atoms with van der Waals surface area (Å²) in [4.78, 5) is 78.7. The van der Waals surface area contributed by atoms with E-state index in [4.69, 9.17) is 11.5 Å². The van der Waals surface area contributed by atoms with Crippen LogP contribution in [0.25, 0.3) is 0 Å². The molecule has 1 rings (SSSR count). The van der Waals surface area contributed by atoms with Gasteiger partial charge in [0.05, 0.1) is 18.8 Å². The Bertz CT molecular complexity index is 937. The molecule has 5 atom stereocenters. The fourth-order valence-corrected chi connectivity index (χ4v) is 3.08. The number of hydrogen-bond acceptors (Lipinski definition) is 8. The summed E-state index contributed by atoms with van der Waals surface area (Å²) in [5.41, 5.74) is 11.3. The second kappa shape index (κ2) is 14.4. The Labute approximate surface area is 206 Å². The van der Waals surface area contributed by atoms with Crippen molar-refractivity contribution < 1.29 is 39.0 Å². The molecule has 5 unspecified atom stereocenters. The molecule has 1 heterocycles. The van der Waals surface area contributed by atoms with Gasteiger partial charge >= 0.3 is 11.9 Å². The highest BCUT2D eigenvalue weighted by atomic mass is 16.4. The summed E-state index contributed by atoms with van der Waals surface area (Å²) in [5.74, 6) is -6.48. The van der Waals surface area contributed by atoms with E-state index in [1.807, 2.05) is 6.92 Å². The van der Waals surface area contributed by atoms with Crippen LogP contribution >= 0.6 is 0 Å². The molecule has 0 saturated carbocycles. The number of imidazole rings is 1. The van der Waals surface area contributed by atoms with Crippen molar-refractivity contribution in [3.8, 4) is 0 Å². The summed E-state index contributed by atoms with van der Waals surface area (Å²) in [5, 5.41) is 25.5. The highest BCUT2D eigenvalue weighted by Gasteiger charge is 2.32. The van der Waals surface area contributed by atoms with Gasteiger partial charge in [0, 0.05) is 24.7 Å². The fourth-order valence-electron chi connectivity index (χ4n) is 3.08. The normalized spacial score (nSPS) is 15.0. The topological polar surface area (TPSA) is 260 Å². The maximum absolute atomic E-state index is 12.9. The van der Waals surface area contributed by atoms with E-state index in [1.54, 1.807) is 6.92 Å². The van der Waals surface area contributed by atoms with Crippen molar-refractivity contribution in [1.82, 2.24) is 25.9 Å². The summed E-state index contributed by atoms with van der Waals surface area (Å²) >= 11 is 0. The Balaban J connectivity index is 3.09. The van der Waals surface area contributed by atoms with Gasteiger partial charge in [-0.3, -0.25) is 24.0 Å². The highest BCUT2D eigenvalue weighted by molar-refractivity contribution is 5.95. The lowest BCUT2D eigenvalue weighted by atomic mass is 9.99. The van der Waals surface area contributed by atoms with Gasteiger partial charge in [-0.2, -0.15) is 0 Å². The minimum atomic E-state index is -1.56. The van der Waals surface area contributed by atoms with E-state index in [0.29, 0.717) is 12.1 Å². The Morgan fingerprint density at radius 2 is 1.58 bits per heavy atom. The third kappa shape index (κ3) is 10.1. The number of nitrogens with two attached hydrogens (primary N) is 2. The minimum Gasteiger partial charge on any atom is -0.481 e. The zero-order valence-corrected chi connectivity index (χ0v) is 20.0. The van der Waals surface area contributed by atoms with Crippen molar-refractivity contribution in [1.29, 1.82) is 0 Å². The maximum atomic E-state index is 12.9. The first kappa shape index (κ1) is 30.0. The number of carbonyl (C=O) groups is 6. The molecule has 4 amide bonds. The first-order valence-electron chi connectivity index (χ1n) is 11.2. The van der Waals surface area contributed by atoms with Crippen LogP contribution in [0.5, 0.6) is 0 Å². The Morgan fingerprint density at radius 1 is 1.00 bits per heavy atom. The zero-order chi connectivity index (χ0) is 27.4. The van der Waals surface area contributed by atoms with Gasteiger partial charge in [0.15, 0.2) is 0 Å². The Hall–Kier alpha value is -4.01. The van der Waals surface area contributed by atoms with Crippen LogP contribution in [0, 0.1) is 5.92 Å². The van der Waals surface area contributed by atoms with E-state index < -0.39 is 66.2 Å². The number of rotatable bonds is 16. The molecule has 15 nitrogen and oxygen atoms in total. The summed E-state index contributed by atoms with van der Waals surface area (Å²) < 4.78 is 0. The average molecular weight is 512 g/mol. The first-order valence-corrected chi connectivity index (χ1v) is 11.2. The van der Waals surface area contributed by atoms with Gasteiger partial charge in [0.25, 0.3) is 0 Å². The molecule has 0 aliphatic carbocycles. The molecule has 15 heteroatoms. The maximum Gasteiger partial charge on any atom is 0.326 e. The summed E-state index contributed by atoms with van der Waals surface area (Å²) in [6, 6.07) is -5.42. The van der Waals surface area contributed by atoms with E-state index in [2.05, 4.69) is 25.9 Å². The number of primary amides is 1. The lowest BCUT2D eigenvalue weighted by Gasteiger charge is -2.25. The average Bonchev–Trinajstić information content (AvgIpc) is 3.32. The number of nitrogens with one attached hydrogen (secondary N) is 4. The molecule has 0 bridgehead atoms. The van der Waals surface area contributed by atoms with E-state index in [-0.39, 0.29) is 25.2 Å². The predicted octanol–water partition coefficient (Wildman–Crippen LogP) is -2.40. The van der Waals surface area contributed by atoms with E-state index in [9.17, 15) is 39.0 Å². The van der Waals surface area contributed by atoms with Gasteiger partial charge in [0.1, 0.15) is 18.1 Å². The number of nitrogens with zero attached hydrogens (tertiary/aromatic N) is 1. The zero-order valence-electron chi connectivity index (χ0n) is 20.0. The number of aliphatic carboxylic acids is 2. The quantitative estimate of drug-likeness (QED) is 0.117. The smallest absolute Gasteiger partial charge is 0.326 e. The molecule has 1 aromatic heterocycles. The van der Waals surface area contributed by atoms with Gasteiger partial charge < -0.3 is 42.6 Å². The number of carboxylic acids is 2. The molecule has 36 heavy (non-hydrogen) atoms. The van der Waals surface area contributed by atoms with Crippen molar-refractivity contribution >= 4 is 35.6 Å². The molecule has 10 N–H and O–H groups in total. The van der Waals surface area contributed by atoms with Gasteiger partial charge in [-0.1, -0.05) is 20.3 Å². The van der Waals surface area contributed by atoms with Crippen molar-refractivity contribution in [2.45, 2.75) is 70.1 Å². The molecular formula is C21H33N7O8. The van der Waals surface area contributed by atoms with E-state index in [0.717, 1.165) is 0 Å². The number of aromatic amines is 1. The number of H-pyrrole nitrogens is 1. The standard InChI is InChI=1S/C21H33N7O8/c1-3-10(2)17(23)20(34)28-14(7-16(30)31)19(33)27-13(6-11-8-24-9-25-11)18(32)26-12(21(35)36)4-5-15(22)29/h8-10,12-14,17H,3-7,23H2,1-2H3,(H2,22,29)(H,24,25)(H,26,32)(H,27,33)(H,28,34)(H,30,31)(H,35,36). The van der Waals surface area contributed by atoms with Gasteiger partial charge in [-0.15, -0.1) is 0 Å². The number of carbonyl (C=O) groups excluding carboxylic acids is 4. The second-order valence-corrected chi connectivity index (χ2v) is 8.32. The van der Waals surface area contributed by atoms with Crippen molar-refractivity contribution in [2.75, 3.05) is 0 Å². The first-order chi connectivity index (χ1) is 16.8. The molecule has 1 aromatic rings. The van der Waals surface area contributed by atoms with Crippen molar-refractivity contribution in [2.24, 2.45) is 17.4 Å². The molecule has 0 aliphatic rings. The largest absolute Gasteiger partial charge is 0.481 e. The van der Waals surface area contributed by atoms with Gasteiger partial charge in [0.2, 0.25) is 23.6 Å². The van der Waals surface area contributed by atoms with Crippen LogP contribution in [0.3, 0.4) is 0 Å². The lowest BCUT2D eigenvalue weighted by Crippen LogP contribution is -2.58. The van der Waals surface area contributed by atoms with Gasteiger partial charge in [-0.05, 0) is 12.3 Å². The van der Waals surface area contributed by atoms with Gasteiger partial charge in [-0.25, -0.2) is 9.78 Å². The second-order valence-electron chi connectivity index (χ2n) is 8.32. The third-order valence-corrected chi connectivity index (χ3v) is 5.48. The highest BCUT2D eigenvalue weighted by Crippen LogP contribution is 2.07. The van der Waals surface area contributed by atoms with E-state index >= 15 is 0 Å². The molecule has 0 aromatic carbocycles. The predicted molar refractivity (Wildman–Crippen MR) is 124 cm³/mol. The third-order valence-electron chi connectivity index (χ3n) is 5.48. The fraction of sp³-hybridized carbons (Fsp3) is 0.571. The molecule has 0 aliphatic heterocycles. The van der Waals surface area contributed by atoms with E-state index in [1.165, 1.54) is 12.5 Å². The van der Waals surface area contributed by atoms with Crippen LogP contribution in [0.15, 0.2) is 12.5 Å². The SMILES string of the molecule is CCC(C)C(N)C(=O)NC(CC(=O)O)C(=O)NC(Cc1cnc[nH]1)C(=O)NC(CCC(N)=O)C(=O)O.